The van der Waals surface area contributed by atoms with Crippen LogP contribution in [0.5, 0.6) is 0 Å². The number of anilines is 1. The van der Waals surface area contributed by atoms with E-state index in [1.54, 1.807) is 12.1 Å². The van der Waals surface area contributed by atoms with E-state index in [0.29, 0.717) is 6.54 Å². The molecule has 2 aromatic heterocycles. The van der Waals surface area contributed by atoms with Crippen molar-refractivity contribution in [3.8, 4) is 11.5 Å². The van der Waals surface area contributed by atoms with E-state index >= 15 is 0 Å². The number of nitrogens with zero attached hydrogens (tertiary/aromatic N) is 3. The zero-order valence-electron chi connectivity index (χ0n) is 12.6. The van der Waals surface area contributed by atoms with E-state index in [1.165, 1.54) is 6.26 Å². The van der Waals surface area contributed by atoms with Crippen LogP contribution in [0.15, 0.2) is 28.9 Å². The second-order valence-electron chi connectivity index (χ2n) is 5.49. The summed E-state index contributed by atoms with van der Waals surface area (Å²) in [5, 5.41) is 10.5. The molecule has 1 atom stereocenters. The normalized spacial score (nSPS) is 19.2. The fourth-order valence-corrected chi connectivity index (χ4v) is 2.69. The van der Waals surface area contributed by atoms with E-state index in [1.807, 2.05) is 6.92 Å². The molecule has 2 aromatic rings. The van der Waals surface area contributed by atoms with Crippen molar-refractivity contribution in [1.29, 1.82) is 0 Å². The van der Waals surface area contributed by atoms with E-state index in [0.717, 1.165) is 25.6 Å². The van der Waals surface area contributed by atoms with Crippen LogP contribution in [0.3, 0.4) is 0 Å². The minimum atomic E-state index is -4.51. The van der Waals surface area contributed by atoms with Crippen molar-refractivity contribution in [3.05, 3.63) is 30.0 Å². The van der Waals surface area contributed by atoms with E-state index < -0.39 is 11.7 Å². The Balaban J connectivity index is 1.87. The summed E-state index contributed by atoms with van der Waals surface area (Å²) >= 11 is 0. The predicted octanol–water partition coefficient (Wildman–Crippen LogP) is 3.26. The summed E-state index contributed by atoms with van der Waals surface area (Å²) in [7, 11) is 0. The highest BCUT2D eigenvalue weighted by Gasteiger charge is 2.36. The molecule has 3 heterocycles. The van der Waals surface area contributed by atoms with Crippen LogP contribution >= 0.6 is 0 Å². The van der Waals surface area contributed by atoms with Crippen molar-refractivity contribution in [2.24, 2.45) is 0 Å². The quantitative estimate of drug-likeness (QED) is 0.934. The smallest absolute Gasteiger partial charge is 0.420 e. The van der Waals surface area contributed by atoms with E-state index in [4.69, 9.17) is 4.42 Å². The lowest BCUT2D eigenvalue weighted by Crippen LogP contribution is -2.27. The maximum Gasteiger partial charge on any atom is 0.420 e. The van der Waals surface area contributed by atoms with Crippen molar-refractivity contribution in [2.75, 3.05) is 25.0 Å². The molecule has 124 valence electrons. The molecule has 1 aliphatic heterocycles. The molecule has 1 saturated heterocycles. The number of furan rings is 1. The minimum absolute atomic E-state index is 0.0557. The molecule has 3 rings (SSSR count). The van der Waals surface area contributed by atoms with Crippen molar-refractivity contribution >= 4 is 5.82 Å². The lowest BCUT2D eigenvalue weighted by molar-refractivity contribution is -0.137. The first-order valence-corrected chi connectivity index (χ1v) is 7.45. The summed E-state index contributed by atoms with van der Waals surface area (Å²) in [6, 6.07) is 4.06. The maximum atomic E-state index is 13.3. The van der Waals surface area contributed by atoms with E-state index in [9.17, 15) is 13.2 Å². The van der Waals surface area contributed by atoms with Crippen molar-refractivity contribution in [2.45, 2.75) is 25.6 Å². The Morgan fingerprint density at radius 3 is 2.83 bits per heavy atom. The zero-order valence-corrected chi connectivity index (χ0v) is 12.6. The number of nitrogens with one attached hydrogen (secondary N) is 1. The van der Waals surface area contributed by atoms with E-state index in [2.05, 4.69) is 20.4 Å². The summed E-state index contributed by atoms with van der Waals surface area (Å²) < 4.78 is 45.1. The van der Waals surface area contributed by atoms with Crippen LogP contribution in [0.4, 0.5) is 19.0 Å². The number of halogens is 3. The van der Waals surface area contributed by atoms with Gasteiger partial charge in [0.15, 0.2) is 11.6 Å². The monoisotopic (exact) mass is 326 g/mol. The van der Waals surface area contributed by atoms with Gasteiger partial charge in [0.1, 0.15) is 11.3 Å². The largest absolute Gasteiger partial charge is 0.463 e. The highest BCUT2D eigenvalue weighted by atomic mass is 19.4. The second-order valence-corrected chi connectivity index (χ2v) is 5.49. The summed E-state index contributed by atoms with van der Waals surface area (Å²) in [5.41, 5.74) is -0.761. The highest BCUT2D eigenvalue weighted by molar-refractivity contribution is 5.57. The van der Waals surface area contributed by atoms with Crippen molar-refractivity contribution in [1.82, 2.24) is 15.1 Å². The van der Waals surface area contributed by atoms with Gasteiger partial charge >= 0.3 is 6.18 Å². The van der Waals surface area contributed by atoms with Gasteiger partial charge in [0.05, 0.1) is 6.26 Å². The van der Waals surface area contributed by atoms with Gasteiger partial charge in [-0.15, -0.1) is 10.2 Å². The van der Waals surface area contributed by atoms with Gasteiger partial charge in [0.2, 0.25) is 0 Å². The van der Waals surface area contributed by atoms with Crippen molar-refractivity contribution in [3.63, 3.8) is 0 Å². The second kappa shape index (κ2) is 6.19. The number of hydrogen-bond donors (Lipinski definition) is 1. The Labute approximate surface area is 131 Å². The molecule has 0 saturated carbocycles. The molecule has 1 unspecified atom stereocenters. The molecule has 23 heavy (non-hydrogen) atoms. The van der Waals surface area contributed by atoms with E-state index in [-0.39, 0.29) is 23.3 Å². The van der Waals surface area contributed by atoms with Gasteiger partial charge in [-0.3, -0.25) is 0 Å². The third-order valence-electron chi connectivity index (χ3n) is 3.93. The lowest BCUT2D eigenvalue weighted by atomic mass is 10.2. The standard InChI is InChI=1S/C15H17F3N4O/c1-2-22-6-5-10(9-22)19-14-11(15(16,17)18)8-12(20-21-14)13-4-3-7-23-13/h3-4,7-8,10H,2,5-6,9H2,1H3,(H,19,21). The first-order chi connectivity index (χ1) is 11.0. The van der Waals surface area contributed by atoms with Gasteiger partial charge in [0.25, 0.3) is 0 Å². The molecule has 1 N–H and O–H groups in total. The molecule has 0 spiro atoms. The Kier molecular flexibility index (Phi) is 4.25. The van der Waals surface area contributed by atoms with Crippen LogP contribution < -0.4 is 5.32 Å². The molecule has 1 aliphatic rings. The molecular weight excluding hydrogens is 309 g/mol. The topological polar surface area (TPSA) is 54.2 Å². The molecule has 0 aliphatic carbocycles. The summed E-state index contributed by atoms with van der Waals surface area (Å²) in [6.45, 7) is 4.48. The molecule has 0 radical (unpaired) electrons. The molecular formula is C15H17F3N4O. The maximum absolute atomic E-state index is 13.3. The SMILES string of the molecule is CCN1CCC(Nc2nnc(-c3ccco3)cc2C(F)(F)F)C1. The Morgan fingerprint density at radius 2 is 2.22 bits per heavy atom. The first-order valence-electron chi connectivity index (χ1n) is 7.45. The third kappa shape index (κ3) is 3.47. The number of alkyl halides is 3. The van der Waals surface area contributed by atoms with Gasteiger partial charge < -0.3 is 14.6 Å². The highest BCUT2D eigenvalue weighted by Crippen LogP contribution is 2.36. The van der Waals surface area contributed by atoms with Gasteiger partial charge in [-0.25, -0.2) is 0 Å². The average molecular weight is 326 g/mol. The number of likely N-dealkylation sites (tertiary alicyclic amines) is 1. The summed E-state index contributed by atoms with van der Waals surface area (Å²) in [6.07, 6.45) is -2.34. The first kappa shape index (κ1) is 15.8. The Bertz CT molecular complexity index is 657. The van der Waals surface area contributed by atoms with Crippen LogP contribution in [0.1, 0.15) is 18.9 Å². The zero-order chi connectivity index (χ0) is 16.4. The predicted molar refractivity (Wildman–Crippen MR) is 78.9 cm³/mol. The van der Waals surface area contributed by atoms with Crippen molar-refractivity contribution < 1.29 is 17.6 Å². The molecule has 8 heteroatoms. The van der Waals surface area contributed by atoms with Crippen LogP contribution in [0.2, 0.25) is 0 Å². The molecule has 0 aromatic carbocycles. The number of hydrogen-bond acceptors (Lipinski definition) is 5. The number of aromatic nitrogens is 2. The molecule has 1 fully saturated rings. The Hall–Kier alpha value is -2.09. The average Bonchev–Trinajstić information content (AvgIpc) is 3.17. The molecule has 0 amide bonds. The van der Waals surface area contributed by atoms with Gasteiger partial charge in [-0.2, -0.15) is 13.2 Å². The fourth-order valence-electron chi connectivity index (χ4n) is 2.69. The van der Waals surface area contributed by atoms with Crippen LogP contribution in [0.25, 0.3) is 11.5 Å². The summed E-state index contributed by atoms with van der Waals surface area (Å²) in [5.74, 6) is 0.0309. The number of likely N-dealkylation sites (N-methyl/N-ethyl adjacent to an activating group) is 1. The fraction of sp³-hybridized carbons (Fsp3) is 0.467. The lowest BCUT2D eigenvalue weighted by Gasteiger charge is -2.18. The van der Waals surface area contributed by atoms with Gasteiger partial charge in [0, 0.05) is 19.1 Å². The Morgan fingerprint density at radius 1 is 1.39 bits per heavy atom. The van der Waals surface area contributed by atoms with Gasteiger partial charge in [-0.1, -0.05) is 6.92 Å². The van der Waals surface area contributed by atoms with Gasteiger partial charge in [-0.05, 0) is 31.2 Å². The van der Waals surface area contributed by atoms with Crippen LogP contribution in [-0.4, -0.2) is 40.8 Å². The summed E-state index contributed by atoms with van der Waals surface area (Å²) in [4.78, 5) is 2.18. The molecule has 0 bridgehead atoms. The van der Waals surface area contributed by atoms with Crippen LogP contribution in [0, 0.1) is 0 Å². The molecule has 5 nitrogen and oxygen atoms in total. The van der Waals surface area contributed by atoms with Crippen LogP contribution in [-0.2, 0) is 6.18 Å². The number of rotatable bonds is 4. The third-order valence-corrected chi connectivity index (χ3v) is 3.93. The minimum Gasteiger partial charge on any atom is -0.463 e.